The van der Waals surface area contributed by atoms with E-state index in [0.29, 0.717) is 12.6 Å². The van der Waals surface area contributed by atoms with E-state index >= 15 is 0 Å². The highest BCUT2D eigenvalue weighted by Gasteiger charge is 2.04. The fourth-order valence-corrected chi connectivity index (χ4v) is 2.15. The van der Waals surface area contributed by atoms with E-state index in [2.05, 4.69) is 40.3 Å². The van der Waals surface area contributed by atoms with Crippen LogP contribution in [0.1, 0.15) is 18.5 Å². The van der Waals surface area contributed by atoms with Crippen LogP contribution in [0, 0.1) is 0 Å². The van der Waals surface area contributed by atoms with Gasteiger partial charge in [0.15, 0.2) is 0 Å². The van der Waals surface area contributed by atoms with Gasteiger partial charge in [-0.05, 0) is 48.9 Å². The van der Waals surface area contributed by atoms with Crippen molar-refractivity contribution < 1.29 is 4.74 Å². The van der Waals surface area contributed by atoms with Gasteiger partial charge in [-0.15, -0.1) is 0 Å². The van der Waals surface area contributed by atoms with Crippen molar-refractivity contribution in [2.75, 3.05) is 13.1 Å². The summed E-state index contributed by atoms with van der Waals surface area (Å²) in [7, 11) is 0. The topological polar surface area (TPSA) is 47.3 Å². The summed E-state index contributed by atoms with van der Waals surface area (Å²) in [6, 6.07) is 16.2. The molecule has 0 amide bonds. The van der Waals surface area contributed by atoms with Gasteiger partial charge in [-0.3, -0.25) is 0 Å². The third-order valence-electron chi connectivity index (χ3n) is 3.02. The maximum Gasteiger partial charge on any atom is 0.127 e. The molecule has 0 saturated heterocycles. The van der Waals surface area contributed by atoms with E-state index in [1.54, 1.807) is 0 Å². The van der Waals surface area contributed by atoms with E-state index in [1.807, 2.05) is 36.4 Å². The van der Waals surface area contributed by atoms with Gasteiger partial charge in [-0.25, -0.2) is 0 Å². The van der Waals surface area contributed by atoms with E-state index in [-0.39, 0.29) is 0 Å². The summed E-state index contributed by atoms with van der Waals surface area (Å²) in [5.74, 6) is 1.66. The Balaban J connectivity index is 1.99. The largest absolute Gasteiger partial charge is 0.457 e. The second kappa shape index (κ2) is 7.43. The Bertz CT molecular complexity index is 525. The lowest BCUT2D eigenvalue weighted by molar-refractivity contribution is 0.481. The molecule has 4 heteroatoms. The molecule has 2 rings (SSSR count). The zero-order valence-electron chi connectivity index (χ0n) is 11.5. The molecule has 2 aromatic rings. The van der Waals surface area contributed by atoms with Crippen LogP contribution in [0.5, 0.6) is 11.5 Å². The number of halogens is 1. The Hall–Kier alpha value is -1.36. The molecule has 0 heterocycles. The third-order valence-corrected chi connectivity index (χ3v) is 3.55. The quantitative estimate of drug-likeness (QED) is 0.843. The predicted molar refractivity (Wildman–Crippen MR) is 86.1 cm³/mol. The molecule has 0 aliphatic heterocycles. The number of nitrogens with one attached hydrogen (secondary N) is 1. The first-order chi connectivity index (χ1) is 9.69. The zero-order valence-corrected chi connectivity index (χ0v) is 13.1. The Labute approximate surface area is 128 Å². The molecule has 1 atom stereocenters. The van der Waals surface area contributed by atoms with E-state index in [1.165, 1.54) is 5.56 Å². The monoisotopic (exact) mass is 334 g/mol. The number of nitrogens with two attached hydrogens (primary N) is 1. The lowest BCUT2D eigenvalue weighted by atomic mass is 10.1. The van der Waals surface area contributed by atoms with Gasteiger partial charge in [0, 0.05) is 23.6 Å². The van der Waals surface area contributed by atoms with Crippen LogP contribution in [0.15, 0.2) is 53.0 Å². The molecule has 3 nitrogen and oxygen atoms in total. The Morgan fingerprint density at radius 1 is 1.05 bits per heavy atom. The lowest BCUT2D eigenvalue weighted by Crippen LogP contribution is -2.25. The minimum atomic E-state index is 0.292. The summed E-state index contributed by atoms with van der Waals surface area (Å²) < 4.78 is 6.83. The van der Waals surface area contributed by atoms with Crippen molar-refractivity contribution in [1.82, 2.24) is 5.32 Å². The summed E-state index contributed by atoms with van der Waals surface area (Å²) >= 11 is 3.41. The van der Waals surface area contributed by atoms with Gasteiger partial charge in [0.2, 0.25) is 0 Å². The van der Waals surface area contributed by atoms with Crippen molar-refractivity contribution in [2.45, 2.75) is 13.0 Å². The SMILES string of the molecule is CC(NCCN)c1ccc(Oc2ccc(Br)cc2)cc1. The van der Waals surface area contributed by atoms with Crippen LogP contribution >= 0.6 is 15.9 Å². The second-order valence-electron chi connectivity index (χ2n) is 4.59. The van der Waals surface area contributed by atoms with Crippen molar-refractivity contribution in [3.05, 3.63) is 58.6 Å². The van der Waals surface area contributed by atoms with Crippen molar-refractivity contribution in [3.8, 4) is 11.5 Å². The Morgan fingerprint density at radius 2 is 1.60 bits per heavy atom. The van der Waals surface area contributed by atoms with Crippen LogP contribution in [-0.4, -0.2) is 13.1 Å². The first-order valence-electron chi connectivity index (χ1n) is 6.66. The van der Waals surface area contributed by atoms with E-state index in [4.69, 9.17) is 10.5 Å². The first-order valence-corrected chi connectivity index (χ1v) is 7.45. The van der Waals surface area contributed by atoms with Crippen LogP contribution in [0.3, 0.4) is 0 Å². The van der Waals surface area contributed by atoms with E-state index in [0.717, 1.165) is 22.5 Å². The zero-order chi connectivity index (χ0) is 14.4. The Morgan fingerprint density at radius 3 is 2.15 bits per heavy atom. The molecule has 20 heavy (non-hydrogen) atoms. The highest BCUT2D eigenvalue weighted by Crippen LogP contribution is 2.24. The van der Waals surface area contributed by atoms with E-state index < -0.39 is 0 Å². The summed E-state index contributed by atoms with van der Waals surface area (Å²) in [5, 5.41) is 3.35. The molecular formula is C16H19BrN2O. The van der Waals surface area contributed by atoms with Crippen LogP contribution in [0.4, 0.5) is 0 Å². The maximum atomic E-state index is 5.79. The number of rotatable bonds is 6. The molecule has 0 bridgehead atoms. The highest BCUT2D eigenvalue weighted by molar-refractivity contribution is 9.10. The van der Waals surface area contributed by atoms with Gasteiger partial charge in [0.25, 0.3) is 0 Å². The molecule has 0 spiro atoms. The molecule has 1 unspecified atom stereocenters. The van der Waals surface area contributed by atoms with Gasteiger partial charge in [-0.2, -0.15) is 0 Å². The first kappa shape index (κ1) is 15.0. The fourth-order valence-electron chi connectivity index (χ4n) is 1.88. The van der Waals surface area contributed by atoms with Gasteiger partial charge in [-0.1, -0.05) is 28.1 Å². The standard InChI is InChI=1S/C16H19BrN2O/c1-12(19-11-10-18)13-2-6-15(7-3-13)20-16-8-4-14(17)5-9-16/h2-9,12,19H,10-11,18H2,1H3. The number of hydrogen-bond acceptors (Lipinski definition) is 3. The van der Waals surface area contributed by atoms with Crippen molar-refractivity contribution in [1.29, 1.82) is 0 Å². The minimum absolute atomic E-state index is 0.292. The molecular weight excluding hydrogens is 316 g/mol. The molecule has 0 saturated carbocycles. The molecule has 0 aliphatic rings. The van der Waals surface area contributed by atoms with E-state index in [9.17, 15) is 0 Å². The summed E-state index contributed by atoms with van der Waals surface area (Å²) in [4.78, 5) is 0. The smallest absolute Gasteiger partial charge is 0.127 e. The molecule has 0 aromatic heterocycles. The average molecular weight is 335 g/mol. The third kappa shape index (κ3) is 4.34. The fraction of sp³-hybridized carbons (Fsp3) is 0.250. The normalized spacial score (nSPS) is 12.2. The average Bonchev–Trinajstić information content (AvgIpc) is 2.48. The van der Waals surface area contributed by atoms with Crippen molar-refractivity contribution in [2.24, 2.45) is 5.73 Å². The number of ether oxygens (including phenoxy) is 1. The molecule has 0 aliphatic carbocycles. The van der Waals surface area contributed by atoms with Gasteiger partial charge in [0.05, 0.1) is 0 Å². The van der Waals surface area contributed by atoms with Crippen LogP contribution in [-0.2, 0) is 0 Å². The molecule has 0 fully saturated rings. The Kier molecular flexibility index (Phi) is 5.59. The predicted octanol–water partition coefficient (Wildman–Crippen LogP) is 3.85. The van der Waals surface area contributed by atoms with Gasteiger partial charge in [0.1, 0.15) is 11.5 Å². The van der Waals surface area contributed by atoms with Crippen LogP contribution in [0.2, 0.25) is 0 Å². The van der Waals surface area contributed by atoms with Crippen LogP contribution in [0.25, 0.3) is 0 Å². The lowest BCUT2D eigenvalue weighted by Gasteiger charge is -2.14. The molecule has 0 radical (unpaired) electrons. The summed E-state index contributed by atoms with van der Waals surface area (Å²) in [6.45, 7) is 3.59. The molecule has 2 aromatic carbocycles. The van der Waals surface area contributed by atoms with Gasteiger partial charge < -0.3 is 15.8 Å². The number of hydrogen-bond donors (Lipinski definition) is 2. The summed E-state index contributed by atoms with van der Waals surface area (Å²) in [5.41, 5.74) is 6.71. The van der Waals surface area contributed by atoms with Gasteiger partial charge >= 0.3 is 0 Å². The van der Waals surface area contributed by atoms with Crippen molar-refractivity contribution >= 4 is 15.9 Å². The highest BCUT2D eigenvalue weighted by atomic mass is 79.9. The maximum absolute atomic E-state index is 5.79. The van der Waals surface area contributed by atoms with Crippen molar-refractivity contribution in [3.63, 3.8) is 0 Å². The summed E-state index contributed by atoms with van der Waals surface area (Å²) in [6.07, 6.45) is 0. The molecule has 3 N–H and O–H groups in total. The molecule has 106 valence electrons. The van der Waals surface area contributed by atoms with Crippen LogP contribution < -0.4 is 15.8 Å². The second-order valence-corrected chi connectivity index (χ2v) is 5.51. The number of benzene rings is 2. The minimum Gasteiger partial charge on any atom is -0.457 e.